The van der Waals surface area contributed by atoms with Crippen LogP contribution in [-0.4, -0.2) is 27.7 Å². The molecule has 0 radical (unpaired) electrons. The third-order valence-corrected chi connectivity index (χ3v) is 0.907. The van der Waals surface area contributed by atoms with Gasteiger partial charge in [0.2, 0.25) is 0 Å². The first-order valence-corrected chi connectivity index (χ1v) is 2.58. The number of nitrogens with zero attached hydrogens (tertiary/aromatic N) is 1. The van der Waals surface area contributed by atoms with Gasteiger partial charge in [0.1, 0.15) is 0 Å². The van der Waals surface area contributed by atoms with E-state index in [9.17, 15) is 0 Å². The molecule has 1 N–H and O–H groups in total. The summed E-state index contributed by atoms with van der Waals surface area (Å²) in [5.41, 5.74) is 0. The van der Waals surface area contributed by atoms with Crippen molar-refractivity contribution in [2.75, 3.05) is 6.61 Å². The molecule has 0 fully saturated rings. The SMILES string of the molecule is N#CC([SeH])CO. The summed E-state index contributed by atoms with van der Waals surface area (Å²) in [4.78, 5) is -0.266. The summed E-state index contributed by atoms with van der Waals surface area (Å²) in [7, 11) is 0. The summed E-state index contributed by atoms with van der Waals surface area (Å²) in [5.74, 6) is 0. The average molecular weight is 150 g/mol. The Morgan fingerprint density at radius 3 is 2.50 bits per heavy atom. The van der Waals surface area contributed by atoms with Crippen LogP contribution in [0.1, 0.15) is 0 Å². The molecule has 0 aromatic carbocycles. The fraction of sp³-hybridized carbons (Fsp3) is 0.667. The van der Waals surface area contributed by atoms with Crippen LogP contribution in [0.25, 0.3) is 0 Å². The molecule has 3 heteroatoms. The van der Waals surface area contributed by atoms with Gasteiger partial charge in [0.15, 0.2) is 0 Å². The summed E-state index contributed by atoms with van der Waals surface area (Å²) in [6, 6.07) is 1.84. The topological polar surface area (TPSA) is 44.0 Å². The maximum atomic E-state index is 8.10. The van der Waals surface area contributed by atoms with Gasteiger partial charge in [-0.2, -0.15) is 0 Å². The van der Waals surface area contributed by atoms with Crippen molar-refractivity contribution in [3.05, 3.63) is 0 Å². The van der Waals surface area contributed by atoms with Crippen molar-refractivity contribution in [1.29, 1.82) is 5.26 Å². The van der Waals surface area contributed by atoms with E-state index in [-0.39, 0.29) is 11.4 Å². The number of hydrogen-bond donors (Lipinski definition) is 1. The van der Waals surface area contributed by atoms with Gasteiger partial charge in [-0.15, -0.1) is 0 Å². The van der Waals surface area contributed by atoms with Crippen molar-refractivity contribution >= 4 is 16.0 Å². The van der Waals surface area contributed by atoms with Crippen LogP contribution in [0.3, 0.4) is 0 Å². The van der Waals surface area contributed by atoms with Gasteiger partial charge in [0.25, 0.3) is 0 Å². The first-order chi connectivity index (χ1) is 2.81. The zero-order chi connectivity index (χ0) is 4.99. The van der Waals surface area contributed by atoms with Crippen LogP contribution in [-0.2, 0) is 0 Å². The maximum absolute atomic E-state index is 8.10. The molecule has 0 aromatic rings. The van der Waals surface area contributed by atoms with Gasteiger partial charge >= 0.3 is 43.9 Å². The number of hydrogen-bond acceptors (Lipinski definition) is 2. The second-order valence-electron chi connectivity index (χ2n) is 0.827. The third-order valence-electron chi connectivity index (χ3n) is 0.322. The van der Waals surface area contributed by atoms with E-state index >= 15 is 0 Å². The van der Waals surface area contributed by atoms with Gasteiger partial charge < -0.3 is 0 Å². The fourth-order valence-electron chi connectivity index (χ4n) is 0.0408. The number of nitriles is 1. The number of aliphatic hydroxyl groups is 1. The molecule has 0 heterocycles. The molecule has 0 aliphatic heterocycles. The quantitative estimate of drug-likeness (QED) is 0.497. The Kier molecular flexibility index (Phi) is 3.15. The molecule has 1 unspecified atom stereocenters. The molecule has 1 atom stereocenters. The van der Waals surface area contributed by atoms with E-state index in [1.165, 1.54) is 0 Å². The van der Waals surface area contributed by atoms with E-state index in [4.69, 9.17) is 10.4 Å². The van der Waals surface area contributed by atoms with Gasteiger partial charge in [0, 0.05) is 0 Å². The Hall–Kier alpha value is -0.0305. The van der Waals surface area contributed by atoms with Gasteiger partial charge in [-0.3, -0.25) is 0 Å². The summed E-state index contributed by atoms with van der Waals surface area (Å²) < 4.78 is 0. The Labute approximate surface area is 44.6 Å². The minimum absolute atomic E-state index is 0.0590. The molecule has 0 rings (SSSR count). The molecule has 0 spiro atoms. The van der Waals surface area contributed by atoms with Crippen LogP contribution in [0.5, 0.6) is 0 Å². The minimum atomic E-state index is -0.266. The monoisotopic (exact) mass is 151 g/mol. The van der Waals surface area contributed by atoms with Crippen LogP contribution < -0.4 is 0 Å². The number of aliphatic hydroxyl groups excluding tert-OH is 1. The van der Waals surface area contributed by atoms with E-state index in [1.807, 2.05) is 6.07 Å². The number of rotatable bonds is 1. The normalized spacial score (nSPS) is 12.8. The van der Waals surface area contributed by atoms with E-state index in [0.717, 1.165) is 0 Å². The van der Waals surface area contributed by atoms with Crippen molar-refractivity contribution in [1.82, 2.24) is 0 Å². The van der Waals surface area contributed by atoms with Crippen LogP contribution in [0.4, 0.5) is 0 Å². The summed E-state index contributed by atoms with van der Waals surface area (Å²) >= 11 is 2.07. The Morgan fingerprint density at radius 2 is 2.50 bits per heavy atom. The predicted octanol–water partition coefficient (Wildman–Crippen LogP) is -0.808. The summed E-state index contributed by atoms with van der Waals surface area (Å²) in [6.07, 6.45) is 0. The Balaban J connectivity index is 3.04. The average Bonchev–Trinajstić information content (AvgIpc) is 1.65. The van der Waals surface area contributed by atoms with Gasteiger partial charge in [-0.25, -0.2) is 0 Å². The van der Waals surface area contributed by atoms with Gasteiger partial charge in [-0.05, 0) is 0 Å². The van der Waals surface area contributed by atoms with Crippen LogP contribution >= 0.6 is 0 Å². The van der Waals surface area contributed by atoms with E-state index in [1.54, 1.807) is 0 Å². The molecule has 0 saturated carbocycles. The zero-order valence-corrected chi connectivity index (χ0v) is 5.00. The molecule has 6 heavy (non-hydrogen) atoms. The summed E-state index contributed by atoms with van der Waals surface area (Å²) in [6.45, 7) is -0.0590. The molecule has 0 bridgehead atoms. The molecular weight excluding hydrogens is 145 g/mol. The van der Waals surface area contributed by atoms with Crippen molar-refractivity contribution < 1.29 is 5.11 Å². The van der Waals surface area contributed by atoms with E-state index in [0.29, 0.717) is 0 Å². The fourth-order valence-corrected chi connectivity index (χ4v) is 0.0408. The molecule has 2 nitrogen and oxygen atoms in total. The van der Waals surface area contributed by atoms with Crippen molar-refractivity contribution in [3.63, 3.8) is 0 Å². The first-order valence-electron chi connectivity index (χ1n) is 1.49. The first kappa shape index (κ1) is 5.97. The Bertz CT molecular complexity index is 67.7. The Morgan fingerprint density at radius 1 is 2.00 bits per heavy atom. The second kappa shape index (κ2) is 3.17. The molecule has 0 aliphatic carbocycles. The standard InChI is InChI=1S/C3H5NOSe/c4-1-3(6)2-5/h3,5-6H,2H2. The van der Waals surface area contributed by atoms with Crippen molar-refractivity contribution in [2.24, 2.45) is 0 Å². The molecule has 34 valence electrons. The molecular formula is C3H5NOSe. The summed E-state index contributed by atoms with van der Waals surface area (Å²) in [5, 5.41) is 16.0. The molecule has 0 saturated heterocycles. The third kappa shape index (κ3) is 2.22. The second-order valence-corrected chi connectivity index (χ2v) is 2.14. The molecule has 0 amide bonds. The van der Waals surface area contributed by atoms with Crippen LogP contribution in [0.15, 0.2) is 0 Å². The molecule has 0 aliphatic rings. The zero-order valence-electron chi connectivity index (χ0n) is 3.13. The van der Waals surface area contributed by atoms with Crippen molar-refractivity contribution in [3.8, 4) is 6.07 Å². The van der Waals surface area contributed by atoms with Crippen LogP contribution in [0, 0.1) is 11.3 Å². The van der Waals surface area contributed by atoms with Crippen molar-refractivity contribution in [2.45, 2.75) is 4.82 Å². The molecule has 0 aromatic heterocycles. The van der Waals surface area contributed by atoms with Crippen LogP contribution in [0.2, 0.25) is 4.82 Å². The van der Waals surface area contributed by atoms with E-state index < -0.39 is 0 Å². The van der Waals surface area contributed by atoms with E-state index in [2.05, 4.69) is 16.0 Å². The van der Waals surface area contributed by atoms with Gasteiger partial charge in [0.05, 0.1) is 0 Å². The predicted molar refractivity (Wildman–Crippen MR) is 23.6 cm³/mol. The van der Waals surface area contributed by atoms with Gasteiger partial charge in [-0.1, -0.05) is 0 Å².